The Balaban J connectivity index is 0.00000338. The molecule has 1 unspecified atom stereocenters. The van der Waals surface area contributed by atoms with Gasteiger partial charge in [-0.1, -0.05) is 0 Å². The summed E-state index contributed by atoms with van der Waals surface area (Å²) in [6, 6.07) is 5.46. The highest BCUT2D eigenvalue weighted by molar-refractivity contribution is 5.85. The predicted octanol–water partition coefficient (Wildman–Crippen LogP) is 2.27. The van der Waals surface area contributed by atoms with E-state index in [1.54, 1.807) is 21.3 Å². The molecule has 1 heterocycles. The van der Waals surface area contributed by atoms with Gasteiger partial charge in [0.05, 0.1) is 20.8 Å². The Hall–Kier alpha value is -1.50. The van der Waals surface area contributed by atoms with Gasteiger partial charge in [0.1, 0.15) is 17.5 Å². The van der Waals surface area contributed by atoms with Gasteiger partial charge in [0, 0.05) is 26.3 Å². The lowest BCUT2D eigenvalue weighted by molar-refractivity contribution is -0.135. The van der Waals surface area contributed by atoms with Crippen molar-refractivity contribution >= 4 is 18.3 Å². The van der Waals surface area contributed by atoms with E-state index < -0.39 is 6.04 Å². The summed E-state index contributed by atoms with van der Waals surface area (Å²) < 4.78 is 15.6. The number of halogens is 1. The van der Waals surface area contributed by atoms with Gasteiger partial charge in [-0.3, -0.25) is 4.79 Å². The zero-order valence-electron chi connectivity index (χ0n) is 15.9. The number of rotatable bonds is 8. The average Bonchev–Trinajstić information content (AvgIpc) is 2.66. The van der Waals surface area contributed by atoms with E-state index in [2.05, 4.69) is 12.1 Å². The SMILES string of the molecule is COCC(N)C(=O)N1CCC(CCc2cc(OC)cc(OC)c2)CC1.Cl. The van der Waals surface area contributed by atoms with Gasteiger partial charge >= 0.3 is 0 Å². The minimum Gasteiger partial charge on any atom is -0.497 e. The highest BCUT2D eigenvalue weighted by Gasteiger charge is 2.26. The van der Waals surface area contributed by atoms with Crippen LogP contribution in [0.15, 0.2) is 18.2 Å². The van der Waals surface area contributed by atoms with Crippen molar-refractivity contribution in [3.8, 4) is 11.5 Å². The minimum atomic E-state index is -0.550. The van der Waals surface area contributed by atoms with Gasteiger partial charge in [0.25, 0.3) is 0 Å². The smallest absolute Gasteiger partial charge is 0.241 e. The lowest BCUT2D eigenvalue weighted by atomic mass is 9.90. The van der Waals surface area contributed by atoms with Crippen LogP contribution in [0.2, 0.25) is 0 Å². The van der Waals surface area contributed by atoms with Crippen molar-refractivity contribution in [1.82, 2.24) is 4.90 Å². The number of nitrogens with zero attached hydrogens (tertiary/aromatic N) is 1. The summed E-state index contributed by atoms with van der Waals surface area (Å²) >= 11 is 0. The third kappa shape index (κ3) is 6.34. The largest absolute Gasteiger partial charge is 0.497 e. The van der Waals surface area contributed by atoms with Crippen molar-refractivity contribution in [2.45, 2.75) is 31.7 Å². The average molecular weight is 387 g/mol. The Morgan fingerprint density at radius 3 is 2.23 bits per heavy atom. The van der Waals surface area contributed by atoms with Crippen LogP contribution in [0.1, 0.15) is 24.8 Å². The van der Waals surface area contributed by atoms with Crippen LogP contribution in [0.5, 0.6) is 11.5 Å². The number of carbonyl (C=O) groups is 1. The van der Waals surface area contributed by atoms with Gasteiger partial charge in [0.15, 0.2) is 0 Å². The molecule has 0 saturated carbocycles. The zero-order valence-corrected chi connectivity index (χ0v) is 16.7. The third-order valence-electron chi connectivity index (χ3n) is 4.84. The summed E-state index contributed by atoms with van der Waals surface area (Å²) in [7, 11) is 4.89. The lowest BCUT2D eigenvalue weighted by Crippen LogP contribution is -2.48. The van der Waals surface area contributed by atoms with Crippen LogP contribution >= 0.6 is 12.4 Å². The van der Waals surface area contributed by atoms with E-state index in [-0.39, 0.29) is 24.9 Å². The molecule has 1 saturated heterocycles. The highest BCUT2D eigenvalue weighted by Crippen LogP contribution is 2.27. The van der Waals surface area contributed by atoms with E-state index in [1.165, 1.54) is 5.56 Å². The molecule has 0 radical (unpaired) electrons. The summed E-state index contributed by atoms with van der Waals surface area (Å²) in [5, 5.41) is 0. The Labute approximate surface area is 162 Å². The number of hydrogen-bond acceptors (Lipinski definition) is 5. The number of nitrogens with two attached hydrogens (primary N) is 1. The second-order valence-electron chi connectivity index (χ2n) is 6.59. The van der Waals surface area contributed by atoms with Crippen molar-refractivity contribution < 1.29 is 19.0 Å². The number of likely N-dealkylation sites (tertiary alicyclic amines) is 1. The standard InChI is InChI=1S/C19H30N2O4.ClH/c1-23-13-18(20)19(22)21-8-6-14(7-9-21)4-5-15-10-16(24-2)12-17(11-15)25-3;/h10-12,14,18H,4-9,13,20H2,1-3H3;1H. The number of ether oxygens (including phenoxy) is 3. The second kappa shape index (κ2) is 11.3. The van der Waals surface area contributed by atoms with Crippen molar-refractivity contribution in [3.63, 3.8) is 0 Å². The molecule has 148 valence electrons. The maximum Gasteiger partial charge on any atom is 0.241 e. The van der Waals surface area contributed by atoms with Crippen LogP contribution in [-0.2, 0) is 16.0 Å². The molecular weight excluding hydrogens is 356 g/mol. The van der Waals surface area contributed by atoms with Crippen LogP contribution in [0, 0.1) is 5.92 Å². The summed E-state index contributed by atoms with van der Waals surface area (Å²) in [5.74, 6) is 2.27. The monoisotopic (exact) mass is 386 g/mol. The van der Waals surface area contributed by atoms with Crippen LogP contribution < -0.4 is 15.2 Å². The van der Waals surface area contributed by atoms with Crippen molar-refractivity contribution in [2.75, 3.05) is 41.0 Å². The van der Waals surface area contributed by atoms with E-state index in [0.29, 0.717) is 5.92 Å². The number of amides is 1. The van der Waals surface area contributed by atoms with Crippen molar-refractivity contribution in [2.24, 2.45) is 11.7 Å². The van der Waals surface area contributed by atoms with Crippen LogP contribution in [-0.4, -0.2) is 57.9 Å². The highest BCUT2D eigenvalue weighted by atomic mass is 35.5. The molecule has 1 aliphatic rings. The maximum absolute atomic E-state index is 12.2. The predicted molar refractivity (Wildman–Crippen MR) is 104 cm³/mol. The quantitative estimate of drug-likeness (QED) is 0.741. The zero-order chi connectivity index (χ0) is 18.2. The van der Waals surface area contributed by atoms with Crippen LogP contribution in [0.25, 0.3) is 0 Å². The van der Waals surface area contributed by atoms with Crippen molar-refractivity contribution in [1.29, 1.82) is 0 Å². The molecule has 0 aliphatic carbocycles. The maximum atomic E-state index is 12.2. The van der Waals surface area contributed by atoms with Gasteiger partial charge in [-0.25, -0.2) is 0 Å². The molecule has 1 aromatic carbocycles. The van der Waals surface area contributed by atoms with E-state index in [1.807, 2.05) is 11.0 Å². The fraction of sp³-hybridized carbons (Fsp3) is 0.632. The summed E-state index contributed by atoms with van der Waals surface area (Å²) in [5.41, 5.74) is 7.06. The van der Waals surface area contributed by atoms with E-state index in [0.717, 1.165) is 50.3 Å². The van der Waals surface area contributed by atoms with Crippen LogP contribution in [0.3, 0.4) is 0 Å². The Kier molecular flexibility index (Phi) is 9.76. The summed E-state index contributed by atoms with van der Waals surface area (Å²) in [4.78, 5) is 14.1. The van der Waals surface area contributed by atoms with Gasteiger partial charge < -0.3 is 24.8 Å². The first-order valence-corrected chi connectivity index (χ1v) is 8.82. The van der Waals surface area contributed by atoms with E-state index in [4.69, 9.17) is 19.9 Å². The molecule has 1 aliphatic heterocycles. The Morgan fingerprint density at radius 2 is 1.73 bits per heavy atom. The fourth-order valence-electron chi connectivity index (χ4n) is 3.31. The molecule has 26 heavy (non-hydrogen) atoms. The van der Waals surface area contributed by atoms with Gasteiger partial charge in [-0.15, -0.1) is 12.4 Å². The molecule has 1 aromatic rings. The number of methoxy groups -OCH3 is 3. The Bertz CT molecular complexity index is 540. The molecule has 1 atom stereocenters. The molecule has 0 spiro atoms. The van der Waals surface area contributed by atoms with Gasteiger partial charge in [-0.2, -0.15) is 0 Å². The molecule has 0 bridgehead atoms. The number of benzene rings is 1. The molecular formula is C19H31ClN2O4. The number of aryl methyl sites for hydroxylation is 1. The third-order valence-corrected chi connectivity index (χ3v) is 4.84. The number of carbonyl (C=O) groups excluding carboxylic acids is 1. The van der Waals surface area contributed by atoms with E-state index >= 15 is 0 Å². The number of hydrogen-bond donors (Lipinski definition) is 1. The first kappa shape index (κ1) is 22.5. The summed E-state index contributed by atoms with van der Waals surface area (Å²) in [6.07, 6.45) is 4.12. The Morgan fingerprint density at radius 1 is 1.15 bits per heavy atom. The van der Waals surface area contributed by atoms with Gasteiger partial charge in [-0.05, 0) is 49.3 Å². The second-order valence-corrected chi connectivity index (χ2v) is 6.59. The lowest BCUT2D eigenvalue weighted by Gasteiger charge is -2.33. The minimum absolute atomic E-state index is 0. The first-order valence-electron chi connectivity index (χ1n) is 8.82. The molecule has 2 rings (SSSR count). The van der Waals surface area contributed by atoms with Crippen LogP contribution in [0.4, 0.5) is 0 Å². The van der Waals surface area contributed by atoms with Gasteiger partial charge in [0.2, 0.25) is 5.91 Å². The number of piperidine rings is 1. The molecule has 0 aromatic heterocycles. The molecule has 1 amide bonds. The summed E-state index contributed by atoms with van der Waals surface area (Å²) in [6.45, 7) is 1.83. The normalized spacial score (nSPS) is 15.9. The molecule has 1 fully saturated rings. The molecule has 6 nitrogen and oxygen atoms in total. The molecule has 2 N–H and O–H groups in total. The first-order chi connectivity index (χ1) is 12.1. The molecule has 7 heteroatoms. The topological polar surface area (TPSA) is 74.0 Å². The van der Waals surface area contributed by atoms with E-state index in [9.17, 15) is 4.79 Å². The fourth-order valence-corrected chi connectivity index (χ4v) is 3.31. The van der Waals surface area contributed by atoms with Crippen molar-refractivity contribution in [3.05, 3.63) is 23.8 Å².